The molecule has 3 aromatic heterocycles. The summed E-state index contributed by atoms with van der Waals surface area (Å²) >= 11 is 0. The molecule has 0 aliphatic carbocycles. The van der Waals surface area contributed by atoms with E-state index in [2.05, 4.69) is 66.3 Å². The van der Waals surface area contributed by atoms with Crippen molar-refractivity contribution < 1.29 is 60.3 Å². The molecule has 3 radical (unpaired) electrons. The number of hydrogen-bond donors (Lipinski definition) is 0. The van der Waals surface area contributed by atoms with Gasteiger partial charge in [-0.3, -0.25) is 0 Å². The summed E-state index contributed by atoms with van der Waals surface area (Å²) in [5.41, 5.74) is 9.14. The third-order valence-corrected chi connectivity index (χ3v) is 13.6. The molecule has 0 unspecified atom stereocenters. The largest absolute Gasteiger partial charge is 0.510 e. The van der Waals surface area contributed by atoms with E-state index in [1.165, 1.54) is 0 Å². The zero-order valence-corrected chi connectivity index (χ0v) is 57.9. The molecule has 0 N–H and O–H groups in total. The van der Waals surface area contributed by atoms with Gasteiger partial charge in [-0.15, -0.1) is 40.8 Å². The smallest absolute Gasteiger partial charge is 0.145 e. The summed E-state index contributed by atoms with van der Waals surface area (Å²) in [5, 5.41) is 0. The molecule has 0 atom stereocenters. The van der Waals surface area contributed by atoms with E-state index in [4.69, 9.17) is 0 Å². The summed E-state index contributed by atoms with van der Waals surface area (Å²) in [4.78, 5) is 49.6. The Morgan fingerprint density at radius 1 is 0.304 bits per heavy atom. The van der Waals surface area contributed by atoms with Crippen molar-refractivity contribution in [1.82, 2.24) is 44.6 Å². The third kappa shape index (κ3) is 17.5. The molecular weight excluding hydrogens is 1680 g/mol. The first kappa shape index (κ1) is 68.5. The molecule has 0 bridgehead atoms. The van der Waals surface area contributed by atoms with Gasteiger partial charge in [0.1, 0.15) is 35.9 Å². The van der Waals surface area contributed by atoms with E-state index in [1.54, 1.807) is 25.0 Å². The third-order valence-electron chi connectivity index (χ3n) is 13.6. The summed E-state index contributed by atoms with van der Waals surface area (Å²) in [6.45, 7) is 12.0. The van der Waals surface area contributed by atoms with E-state index in [-0.39, 0.29) is 60.3 Å². The maximum atomic E-state index is 4.47. The fourth-order valence-electron chi connectivity index (χ4n) is 9.31. The van der Waals surface area contributed by atoms with Crippen LogP contribution in [0.4, 0.5) is 74.5 Å². The van der Waals surface area contributed by atoms with Crippen LogP contribution in [0.5, 0.6) is 0 Å². The SMILES string of the molecule is CN1C=CN(c2[c-]cccc2)[CH-]1.CN1C=CN(c2[c-]cccc2)[CH-]1.CN1C=CN(c2[c-]cccc2)[CH-]1.CN1[CH-]N(c2[c-]cccc2)c2cncnc21.CN1[CH-]N(c2[c-]cccc2)c2ncncc21.[Ir].[Ir].[Ir].[c-]1ccccc1N1[CH-]N(c2ccccc2)c2nccnc21. The second-order valence-electron chi connectivity index (χ2n) is 20.0. The van der Waals surface area contributed by atoms with Gasteiger partial charge < -0.3 is 58.8 Å². The zero-order chi connectivity index (χ0) is 61.2. The van der Waals surface area contributed by atoms with Gasteiger partial charge in [-0.25, -0.2) is 29.9 Å². The first-order valence-electron chi connectivity index (χ1n) is 28.3. The van der Waals surface area contributed by atoms with Gasteiger partial charge in [0.05, 0.1) is 23.8 Å². The number of anilines is 13. The Morgan fingerprint density at radius 3 is 1.07 bits per heavy atom. The van der Waals surface area contributed by atoms with Crippen molar-refractivity contribution >= 4 is 74.5 Å². The monoisotopic (exact) mass is 1750 g/mol. The van der Waals surface area contributed by atoms with Crippen molar-refractivity contribution in [3.05, 3.63) is 327 Å². The van der Waals surface area contributed by atoms with Gasteiger partial charge >= 0.3 is 0 Å². The molecule has 18 nitrogen and oxygen atoms in total. The number of benzene rings is 7. The van der Waals surface area contributed by atoms with Crippen LogP contribution in [0.3, 0.4) is 0 Å². The predicted octanol–water partition coefficient (Wildman–Crippen LogP) is 13.1. The molecule has 475 valence electrons. The predicted molar refractivity (Wildman–Crippen MR) is 354 cm³/mol. The summed E-state index contributed by atoms with van der Waals surface area (Å²) < 4.78 is 0. The van der Waals surface area contributed by atoms with Crippen molar-refractivity contribution in [2.45, 2.75) is 0 Å². The summed E-state index contributed by atoms with van der Waals surface area (Å²) in [7, 11) is 9.94. The summed E-state index contributed by atoms with van der Waals surface area (Å²) in [5.74, 6) is 3.43. The summed E-state index contributed by atoms with van der Waals surface area (Å²) in [6.07, 6.45) is 22.2. The Balaban J connectivity index is 0.000000143. The number of aromatic nitrogens is 6. The van der Waals surface area contributed by atoms with Crippen molar-refractivity contribution in [2.24, 2.45) is 0 Å². The minimum atomic E-state index is 0. The molecule has 9 heterocycles. The molecule has 92 heavy (non-hydrogen) atoms. The normalized spacial score (nSPS) is 14.1. The fourth-order valence-corrected chi connectivity index (χ4v) is 9.31. The number of rotatable bonds is 7. The van der Waals surface area contributed by atoms with Crippen molar-refractivity contribution in [3.8, 4) is 0 Å². The van der Waals surface area contributed by atoms with Crippen LogP contribution in [0.1, 0.15) is 0 Å². The van der Waals surface area contributed by atoms with E-state index in [1.807, 2.05) is 360 Å². The summed E-state index contributed by atoms with van der Waals surface area (Å²) in [6, 6.07) is 76.4. The number of hydrogen-bond acceptors (Lipinski definition) is 18. The fraction of sp³-hybridized carbons (Fsp3) is 0.0704. The van der Waals surface area contributed by atoms with E-state index >= 15 is 0 Å². The number of fused-ring (bicyclic) bond motifs is 3. The Labute approximate surface area is 581 Å². The molecule has 10 aromatic rings. The first-order valence-corrected chi connectivity index (χ1v) is 28.3. The second-order valence-corrected chi connectivity index (χ2v) is 20.0. The Morgan fingerprint density at radius 2 is 0.663 bits per heavy atom. The Hall–Kier alpha value is -9.45. The molecule has 0 saturated carbocycles. The average Bonchev–Trinajstić information content (AvgIpc) is 1.69. The van der Waals surface area contributed by atoms with Crippen molar-refractivity contribution in [2.75, 3.05) is 79.3 Å². The van der Waals surface area contributed by atoms with Crippen LogP contribution in [-0.2, 0) is 60.3 Å². The molecule has 16 rings (SSSR count). The molecule has 6 aliphatic heterocycles. The molecule has 0 fully saturated rings. The van der Waals surface area contributed by atoms with E-state index in [0.29, 0.717) is 0 Å². The van der Waals surface area contributed by atoms with Gasteiger partial charge in [0.25, 0.3) is 0 Å². The molecule has 7 aromatic carbocycles. The van der Waals surface area contributed by atoms with Gasteiger partial charge in [0.15, 0.2) is 0 Å². The van der Waals surface area contributed by atoms with Crippen LogP contribution in [0.15, 0.2) is 251 Å². The molecular formula is C71H62Ir3N18-12. The zero-order valence-electron chi connectivity index (χ0n) is 50.7. The van der Waals surface area contributed by atoms with Crippen LogP contribution in [0, 0.1) is 76.4 Å². The molecule has 0 amide bonds. The van der Waals surface area contributed by atoms with Gasteiger partial charge in [0, 0.05) is 78.4 Å². The van der Waals surface area contributed by atoms with Crippen LogP contribution in [-0.4, -0.2) is 79.8 Å². The quantitative estimate of drug-likeness (QED) is 0.141. The van der Waals surface area contributed by atoms with Gasteiger partial charge in [-0.2, -0.15) is 215 Å². The average molecular weight is 1740 g/mol. The van der Waals surface area contributed by atoms with Gasteiger partial charge in [-0.05, 0) is 84.6 Å². The minimum absolute atomic E-state index is 0. The van der Waals surface area contributed by atoms with Crippen molar-refractivity contribution in [1.29, 1.82) is 0 Å². The number of nitrogens with zero attached hydrogens (tertiary/aromatic N) is 18. The van der Waals surface area contributed by atoms with Crippen LogP contribution >= 0.6 is 0 Å². The van der Waals surface area contributed by atoms with E-state index in [9.17, 15) is 0 Å². The van der Waals surface area contributed by atoms with E-state index < -0.39 is 0 Å². The maximum absolute atomic E-state index is 4.47. The minimum Gasteiger partial charge on any atom is -0.510 e. The maximum Gasteiger partial charge on any atom is 0.145 e. The Bertz CT molecular complexity index is 3570. The standard InChI is InChI=1S/C17H12N4.2C12H10N4.3C10H10N2.3Ir/c1-3-7-14(8-4-1)20-13-21(15-9-5-2-6-10-15)17-16(20)18-11-12-19-17;1-15-9-16(10-5-3-2-4-6-10)11-7-13-8-14-12(11)15;1-15-9-16(10-5-3-2-4-6-10)12-11(15)7-13-8-14-12;3*1-11-7-8-12(9-11)10-5-3-2-4-6-10;;;/h1-9,11-13H;2*2-5,7-9H,1H3;3*2-5,7-9H,1H3;;;/q6*-2;;;. The van der Waals surface area contributed by atoms with Crippen molar-refractivity contribution in [3.63, 3.8) is 0 Å². The number of para-hydroxylation sites is 7. The Kier molecular flexibility index (Phi) is 25.4. The molecule has 0 saturated heterocycles. The molecule has 6 aliphatic rings. The van der Waals surface area contributed by atoms with Gasteiger partial charge in [-0.1, -0.05) is 18.2 Å². The topological polar surface area (TPSA) is 116 Å². The second kappa shape index (κ2) is 34.1. The van der Waals surface area contributed by atoms with Crippen LogP contribution in [0.25, 0.3) is 0 Å². The van der Waals surface area contributed by atoms with E-state index in [0.717, 1.165) is 74.5 Å². The molecule has 21 heteroatoms. The van der Waals surface area contributed by atoms with Gasteiger partial charge in [0.2, 0.25) is 0 Å². The molecule has 0 spiro atoms. The first-order chi connectivity index (χ1) is 43.7. The van der Waals surface area contributed by atoms with Crippen LogP contribution < -0.4 is 44.1 Å². The van der Waals surface area contributed by atoms with Crippen LogP contribution in [0.2, 0.25) is 0 Å².